The highest BCUT2D eigenvalue weighted by Gasteiger charge is 2.45. The van der Waals surface area contributed by atoms with Gasteiger partial charge in [0.05, 0.1) is 12.5 Å². The summed E-state index contributed by atoms with van der Waals surface area (Å²) in [7, 11) is 10.7. The summed E-state index contributed by atoms with van der Waals surface area (Å²) >= 11 is 0. The first-order valence-corrected chi connectivity index (χ1v) is 12.2. The Morgan fingerprint density at radius 1 is 0.972 bits per heavy atom. The van der Waals surface area contributed by atoms with Crippen LogP contribution in [0.4, 0.5) is 0 Å². The Bertz CT molecular complexity index is 1220. The summed E-state index contributed by atoms with van der Waals surface area (Å²) in [6.07, 6.45) is 2.13. The van der Waals surface area contributed by atoms with Crippen LogP contribution < -0.4 is 5.32 Å². The van der Waals surface area contributed by atoms with Gasteiger partial charge < -0.3 is 15.1 Å². The number of carbonyl (C=O) groups is 2. The van der Waals surface area contributed by atoms with Crippen molar-refractivity contribution in [3.63, 3.8) is 0 Å². The van der Waals surface area contributed by atoms with Crippen molar-refractivity contribution in [2.24, 2.45) is 7.05 Å². The average Bonchev–Trinajstić information content (AvgIpc) is 3.25. The van der Waals surface area contributed by atoms with Gasteiger partial charge in [0.1, 0.15) is 0 Å². The van der Waals surface area contributed by atoms with E-state index in [0.717, 1.165) is 35.1 Å². The van der Waals surface area contributed by atoms with Crippen LogP contribution in [0.2, 0.25) is 0 Å². The third kappa shape index (κ3) is 4.39. The molecule has 2 aromatic carbocycles. The van der Waals surface area contributed by atoms with Crippen molar-refractivity contribution in [3.8, 4) is 0 Å². The second kappa shape index (κ2) is 9.81. The molecule has 0 saturated carbocycles. The number of hydrogen-bond acceptors (Lipinski definition) is 6. The van der Waals surface area contributed by atoms with Gasteiger partial charge in [0.2, 0.25) is 0 Å². The molecule has 0 radical (unpaired) electrons. The van der Waals surface area contributed by atoms with Crippen LogP contribution in [0.3, 0.4) is 0 Å². The summed E-state index contributed by atoms with van der Waals surface area (Å²) in [6, 6.07) is 12.0. The summed E-state index contributed by atoms with van der Waals surface area (Å²) in [6.45, 7) is 2.14. The SMILES string of the molecule is CN[C@@H](C)CC1(c2nnn(C)n2)c2ccc(C(=O)N(C)C)cc2CCc2cc(C(=O)N(C)C)ccc21. The Hall–Kier alpha value is -3.59. The van der Waals surface area contributed by atoms with E-state index in [1.807, 2.05) is 31.3 Å². The third-order valence-electron chi connectivity index (χ3n) is 7.10. The molecule has 0 saturated heterocycles. The Morgan fingerprint density at radius 2 is 1.47 bits per heavy atom. The van der Waals surface area contributed by atoms with Gasteiger partial charge in [-0.3, -0.25) is 9.59 Å². The van der Waals surface area contributed by atoms with Crippen molar-refractivity contribution in [1.82, 2.24) is 35.3 Å². The topological polar surface area (TPSA) is 96.2 Å². The van der Waals surface area contributed by atoms with E-state index in [2.05, 4.69) is 34.7 Å². The number of aromatic nitrogens is 4. The highest BCUT2D eigenvalue weighted by molar-refractivity contribution is 5.95. The van der Waals surface area contributed by atoms with Crippen LogP contribution in [-0.2, 0) is 25.3 Å². The quantitative estimate of drug-likeness (QED) is 0.569. The number of benzene rings is 2. The molecule has 9 heteroatoms. The van der Waals surface area contributed by atoms with Gasteiger partial charge in [-0.15, -0.1) is 10.2 Å². The number of nitrogens with zero attached hydrogens (tertiary/aromatic N) is 6. The summed E-state index contributed by atoms with van der Waals surface area (Å²) in [5, 5.41) is 16.8. The zero-order valence-electron chi connectivity index (χ0n) is 22.2. The van der Waals surface area contributed by atoms with Crippen molar-refractivity contribution in [2.45, 2.75) is 37.6 Å². The van der Waals surface area contributed by atoms with Crippen molar-refractivity contribution in [3.05, 3.63) is 75.6 Å². The number of fused-ring (bicyclic) bond motifs is 2. The molecule has 1 atom stereocenters. The molecule has 0 bridgehead atoms. The first kappa shape index (κ1) is 25.5. The molecule has 0 fully saturated rings. The highest BCUT2D eigenvalue weighted by Crippen LogP contribution is 2.47. The number of rotatable bonds is 6. The zero-order valence-corrected chi connectivity index (χ0v) is 22.2. The van der Waals surface area contributed by atoms with E-state index in [0.29, 0.717) is 23.4 Å². The number of hydrogen-bond donors (Lipinski definition) is 1. The molecule has 1 N–H and O–H groups in total. The average molecular weight is 490 g/mol. The van der Waals surface area contributed by atoms with Crippen molar-refractivity contribution >= 4 is 11.8 Å². The Balaban J connectivity index is 2.03. The second-order valence-corrected chi connectivity index (χ2v) is 10.0. The molecule has 2 amide bonds. The maximum absolute atomic E-state index is 12.8. The van der Waals surface area contributed by atoms with Crippen molar-refractivity contribution in [2.75, 3.05) is 35.2 Å². The highest BCUT2D eigenvalue weighted by atomic mass is 16.2. The lowest BCUT2D eigenvalue weighted by atomic mass is 9.68. The molecule has 0 aliphatic heterocycles. The first-order chi connectivity index (χ1) is 17.1. The normalized spacial score (nSPS) is 14.9. The van der Waals surface area contributed by atoms with E-state index >= 15 is 0 Å². The van der Waals surface area contributed by atoms with E-state index in [-0.39, 0.29) is 17.9 Å². The molecule has 36 heavy (non-hydrogen) atoms. The van der Waals surface area contributed by atoms with Crippen LogP contribution >= 0.6 is 0 Å². The van der Waals surface area contributed by atoms with Crippen LogP contribution in [0.1, 0.15) is 62.1 Å². The maximum Gasteiger partial charge on any atom is 0.253 e. The molecule has 4 rings (SSSR count). The van der Waals surface area contributed by atoms with Gasteiger partial charge >= 0.3 is 0 Å². The first-order valence-electron chi connectivity index (χ1n) is 12.2. The van der Waals surface area contributed by atoms with Gasteiger partial charge in [0.15, 0.2) is 5.82 Å². The minimum atomic E-state index is -0.711. The molecule has 1 aromatic heterocycles. The van der Waals surface area contributed by atoms with E-state index in [1.165, 1.54) is 4.80 Å². The van der Waals surface area contributed by atoms with Gasteiger partial charge in [0, 0.05) is 45.4 Å². The lowest BCUT2D eigenvalue weighted by Gasteiger charge is -2.36. The number of tetrazole rings is 1. The minimum absolute atomic E-state index is 0.0368. The lowest BCUT2D eigenvalue weighted by molar-refractivity contribution is 0.0820. The van der Waals surface area contributed by atoms with E-state index < -0.39 is 5.41 Å². The summed E-state index contributed by atoms with van der Waals surface area (Å²) in [5.41, 5.74) is 4.88. The summed E-state index contributed by atoms with van der Waals surface area (Å²) in [4.78, 5) is 30.3. The fourth-order valence-corrected chi connectivity index (χ4v) is 5.20. The van der Waals surface area contributed by atoms with Crippen LogP contribution in [0.15, 0.2) is 36.4 Å². The van der Waals surface area contributed by atoms with Gasteiger partial charge in [0.25, 0.3) is 11.8 Å². The predicted octanol–water partition coefficient (Wildman–Crippen LogP) is 2.04. The van der Waals surface area contributed by atoms with Crippen LogP contribution in [0.5, 0.6) is 0 Å². The third-order valence-corrected chi connectivity index (χ3v) is 7.10. The molecule has 1 heterocycles. The molecule has 1 aliphatic rings. The Kier molecular flexibility index (Phi) is 6.95. The minimum Gasteiger partial charge on any atom is -0.345 e. The summed E-state index contributed by atoms with van der Waals surface area (Å²) < 4.78 is 0. The molecular weight excluding hydrogens is 454 g/mol. The number of aryl methyl sites for hydroxylation is 3. The molecular formula is C27H35N7O2. The fraction of sp³-hybridized carbons (Fsp3) is 0.444. The van der Waals surface area contributed by atoms with Crippen LogP contribution in [0.25, 0.3) is 0 Å². The van der Waals surface area contributed by atoms with Crippen molar-refractivity contribution < 1.29 is 9.59 Å². The van der Waals surface area contributed by atoms with Gasteiger partial charge in [-0.25, -0.2) is 0 Å². The monoisotopic (exact) mass is 489 g/mol. The molecule has 9 nitrogen and oxygen atoms in total. The number of carbonyl (C=O) groups excluding carboxylic acids is 2. The van der Waals surface area contributed by atoms with E-state index in [1.54, 1.807) is 45.0 Å². The molecule has 1 aliphatic carbocycles. The molecule has 0 spiro atoms. The smallest absolute Gasteiger partial charge is 0.253 e. The van der Waals surface area contributed by atoms with E-state index in [9.17, 15) is 9.59 Å². The maximum atomic E-state index is 12.8. The fourth-order valence-electron chi connectivity index (χ4n) is 5.20. The largest absolute Gasteiger partial charge is 0.345 e. The molecule has 3 aromatic rings. The number of amides is 2. The zero-order chi connectivity index (χ0) is 26.2. The molecule has 0 unspecified atom stereocenters. The second-order valence-electron chi connectivity index (χ2n) is 10.0. The van der Waals surface area contributed by atoms with Crippen LogP contribution in [-0.4, -0.2) is 83.1 Å². The van der Waals surface area contributed by atoms with Crippen molar-refractivity contribution in [1.29, 1.82) is 0 Å². The predicted molar refractivity (Wildman–Crippen MR) is 138 cm³/mol. The van der Waals surface area contributed by atoms with Gasteiger partial charge in [-0.2, -0.15) is 4.80 Å². The Labute approximate surface area is 212 Å². The van der Waals surface area contributed by atoms with Crippen LogP contribution in [0, 0.1) is 0 Å². The van der Waals surface area contributed by atoms with Gasteiger partial charge in [-0.1, -0.05) is 12.1 Å². The molecule has 190 valence electrons. The Morgan fingerprint density at radius 3 is 1.86 bits per heavy atom. The standard InChI is InChI=1S/C27H35N7O2/c1-17(28-2)16-27(26-29-31-34(7)30-26)22-12-10-20(24(35)32(3)4)14-18(22)8-9-19-15-21(11-13-23(19)27)25(36)33(5)6/h10-15,17,28H,8-9,16H2,1-7H3/t17-/m0/s1. The lowest BCUT2D eigenvalue weighted by Crippen LogP contribution is -2.39. The van der Waals surface area contributed by atoms with E-state index in [4.69, 9.17) is 5.10 Å². The number of nitrogens with one attached hydrogen (secondary N) is 1. The summed E-state index contributed by atoms with van der Waals surface area (Å²) in [5.74, 6) is 0.533. The van der Waals surface area contributed by atoms with Gasteiger partial charge in [-0.05, 0) is 85.0 Å².